The maximum Gasteiger partial charge on any atom is 0.239 e. The van der Waals surface area contributed by atoms with Gasteiger partial charge in [0.05, 0.1) is 10.4 Å². The SMILES string of the molecule is Cc1nsc(NC(=O)C2(C(N)=S)CCCCCC2)n1. The molecule has 0 radical (unpaired) electrons. The van der Waals surface area contributed by atoms with E-state index in [1.807, 2.05) is 0 Å². The Hall–Kier alpha value is -1.08. The van der Waals surface area contributed by atoms with Gasteiger partial charge in [-0.05, 0) is 19.8 Å². The van der Waals surface area contributed by atoms with Gasteiger partial charge < -0.3 is 5.73 Å². The van der Waals surface area contributed by atoms with Crippen molar-refractivity contribution in [1.29, 1.82) is 0 Å². The van der Waals surface area contributed by atoms with E-state index in [0.717, 1.165) is 38.5 Å². The Morgan fingerprint density at radius 3 is 2.47 bits per heavy atom. The monoisotopic (exact) mass is 298 g/mol. The lowest BCUT2D eigenvalue weighted by molar-refractivity contribution is -0.122. The molecule has 1 aliphatic carbocycles. The third-order valence-electron chi connectivity index (χ3n) is 3.61. The van der Waals surface area contributed by atoms with Crippen LogP contribution < -0.4 is 11.1 Å². The lowest BCUT2D eigenvalue weighted by atomic mass is 9.79. The van der Waals surface area contributed by atoms with E-state index in [-0.39, 0.29) is 5.91 Å². The minimum atomic E-state index is -0.717. The van der Waals surface area contributed by atoms with Crippen LogP contribution in [0.3, 0.4) is 0 Å². The molecule has 19 heavy (non-hydrogen) atoms. The van der Waals surface area contributed by atoms with Crippen molar-refractivity contribution < 1.29 is 4.79 Å². The molecule has 1 heterocycles. The first kappa shape index (κ1) is 14.3. The Morgan fingerprint density at radius 1 is 1.37 bits per heavy atom. The Bertz CT molecular complexity index is 478. The molecule has 0 bridgehead atoms. The van der Waals surface area contributed by atoms with Crippen LogP contribution in [0, 0.1) is 12.3 Å². The second kappa shape index (κ2) is 5.92. The lowest BCUT2D eigenvalue weighted by Crippen LogP contribution is -2.45. The average molecular weight is 298 g/mol. The molecule has 1 aliphatic rings. The van der Waals surface area contributed by atoms with Crippen molar-refractivity contribution in [2.45, 2.75) is 45.4 Å². The number of nitrogens with zero attached hydrogens (tertiary/aromatic N) is 2. The van der Waals surface area contributed by atoms with E-state index in [1.165, 1.54) is 11.5 Å². The number of nitrogens with two attached hydrogens (primary N) is 1. The van der Waals surface area contributed by atoms with Crippen molar-refractivity contribution in [1.82, 2.24) is 9.36 Å². The summed E-state index contributed by atoms with van der Waals surface area (Å²) in [5.74, 6) is 0.531. The topological polar surface area (TPSA) is 80.9 Å². The summed E-state index contributed by atoms with van der Waals surface area (Å²) in [6.07, 6.45) is 5.70. The van der Waals surface area contributed by atoms with Gasteiger partial charge in [-0.1, -0.05) is 37.9 Å². The summed E-state index contributed by atoms with van der Waals surface area (Å²) in [7, 11) is 0. The van der Waals surface area contributed by atoms with E-state index in [2.05, 4.69) is 14.7 Å². The number of thiocarbonyl (C=S) groups is 1. The van der Waals surface area contributed by atoms with Gasteiger partial charge in [0.2, 0.25) is 11.0 Å². The highest BCUT2D eigenvalue weighted by Crippen LogP contribution is 2.36. The molecule has 0 spiro atoms. The van der Waals surface area contributed by atoms with Crippen LogP contribution in [-0.2, 0) is 4.79 Å². The fourth-order valence-electron chi connectivity index (χ4n) is 2.48. The fourth-order valence-corrected chi connectivity index (χ4v) is 3.35. The highest BCUT2D eigenvalue weighted by Gasteiger charge is 2.41. The quantitative estimate of drug-likeness (QED) is 0.661. The van der Waals surface area contributed by atoms with E-state index in [9.17, 15) is 4.79 Å². The van der Waals surface area contributed by atoms with Crippen molar-refractivity contribution in [2.75, 3.05) is 5.32 Å². The summed E-state index contributed by atoms with van der Waals surface area (Å²) in [6.45, 7) is 1.79. The van der Waals surface area contributed by atoms with Crippen LogP contribution in [-0.4, -0.2) is 20.3 Å². The van der Waals surface area contributed by atoms with E-state index in [1.54, 1.807) is 6.92 Å². The van der Waals surface area contributed by atoms with Gasteiger partial charge in [0.15, 0.2) is 0 Å². The lowest BCUT2D eigenvalue weighted by Gasteiger charge is -2.29. The number of anilines is 1. The second-order valence-electron chi connectivity index (χ2n) is 4.96. The predicted octanol–water partition coefficient (Wildman–Crippen LogP) is 2.41. The summed E-state index contributed by atoms with van der Waals surface area (Å²) in [5.41, 5.74) is 5.15. The summed E-state index contributed by atoms with van der Waals surface area (Å²) >= 11 is 6.35. The number of nitrogens with one attached hydrogen (secondary N) is 1. The number of amides is 1. The predicted molar refractivity (Wildman–Crippen MR) is 80.2 cm³/mol. The fraction of sp³-hybridized carbons (Fsp3) is 0.667. The van der Waals surface area contributed by atoms with E-state index < -0.39 is 5.41 Å². The molecule has 2 rings (SSSR count). The van der Waals surface area contributed by atoms with Gasteiger partial charge in [0, 0.05) is 11.5 Å². The molecule has 0 aromatic carbocycles. The second-order valence-corrected chi connectivity index (χ2v) is 6.15. The minimum Gasteiger partial charge on any atom is -0.392 e. The van der Waals surface area contributed by atoms with Crippen LogP contribution in [0.1, 0.15) is 44.3 Å². The maximum atomic E-state index is 12.6. The molecule has 0 aliphatic heterocycles. The number of carbonyl (C=O) groups is 1. The van der Waals surface area contributed by atoms with Gasteiger partial charge in [-0.25, -0.2) is 4.98 Å². The van der Waals surface area contributed by atoms with E-state index in [4.69, 9.17) is 18.0 Å². The van der Waals surface area contributed by atoms with Crippen LogP contribution in [0.25, 0.3) is 0 Å². The number of carbonyl (C=O) groups excluding carboxylic acids is 1. The molecule has 1 aromatic rings. The van der Waals surface area contributed by atoms with Crippen LogP contribution in [0.15, 0.2) is 0 Å². The Morgan fingerprint density at radius 2 is 2.00 bits per heavy atom. The normalized spacial score (nSPS) is 18.6. The number of hydrogen-bond acceptors (Lipinski definition) is 5. The molecule has 0 atom stereocenters. The van der Waals surface area contributed by atoms with Crippen molar-refractivity contribution in [3.63, 3.8) is 0 Å². The van der Waals surface area contributed by atoms with Gasteiger partial charge in [0.25, 0.3) is 0 Å². The number of aryl methyl sites for hydroxylation is 1. The first-order valence-electron chi connectivity index (χ1n) is 6.46. The maximum absolute atomic E-state index is 12.6. The molecule has 0 saturated heterocycles. The minimum absolute atomic E-state index is 0.127. The summed E-state index contributed by atoms with van der Waals surface area (Å²) in [4.78, 5) is 17.0. The standard InChI is InChI=1S/C12H18N4OS2/c1-8-14-11(19-16-8)15-10(17)12(9(13)18)6-4-2-3-5-7-12/h2-7H2,1H3,(H2,13,18)(H,14,15,16,17). The zero-order valence-electron chi connectivity index (χ0n) is 10.9. The molecule has 1 amide bonds. The van der Waals surface area contributed by atoms with Crippen LogP contribution in [0.5, 0.6) is 0 Å². The van der Waals surface area contributed by atoms with Crippen LogP contribution in [0.4, 0.5) is 5.13 Å². The van der Waals surface area contributed by atoms with Crippen molar-refractivity contribution in [3.05, 3.63) is 5.82 Å². The van der Waals surface area contributed by atoms with Gasteiger partial charge in [0.1, 0.15) is 5.82 Å². The van der Waals surface area contributed by atoms with Gasteiger partial charge in [-0.2, -0.15) is 4.37 Å². The Kier molecular flexibility index (Phi) is 4.46. The van der Waals surface area contributed by atoms with Crippen LogP contribution >= 0.6 is 23.8 Å². The molecular weight excluding hydrogens is 280 g/mol. The number of aromatic nitrogens is 2. The molecule has 104 valence electrons. The van der Waals surface area contributed by atoms with E-state index >= 15 is 0 Å². The summed E-state index contributed by atoms with van der Waals surface area (Å²) < 4.78 is 4.05. The smallest absolute Gasteiger partial charge is 0.239 e. The number of rotatable bonds is 3. The molecule has 5 nitrogen and oxygen atoms in total. The number of hydrogen-bond donors (Lipinski definition) is 2. The van der Waals surface area contributed by atoms with E-state index in [0.29, 0.717) is 15.9 Å². The largest absolute Gasteiger partial charge is 0.392 e. The molecule has 1 fully saturated rings. The van der Waals surface area contributed by atoms with Gasteiger partial charge in [-0.3, -0.25) is 10.1 Å². The molecule has 1 saturated carbocycles. The van der Waals surface area contributed by atoms with Gasteiger partial charge in [-0.15, -0.1) is 0 Å². The van der Waals surface area contributed by atoms with Crippen molar-refractivity contribution >= 4 is 39.8 Å². The Labute approximate surface area is 122 Å². The first-order valence-corrected chi connectivity index (χ1v) is 7.64. The highest BCUT2D eigenvalue weighted by atomic mass is 32.1. The summed E-state index contributed by atoms with van der Waals surface area (Å²) in [6, 6.07) is 0. The van der Waals surface area contributed by atoms with Crippen LogP contribution in [0.2, 0.25) is 0 Å². The molecular formula is C12H18N4OS2. The zero-order valence-corrected chi connectivity index (χ0v) is 12.6. The summed E-state index contributed by atoms with van der Waals surface area (Å²) in [5, 5.41) is 3.34. The van der Waals surface area contributed by atoms with Gasteiger partial charge >= 0.3 is 0 Å². The third kappa shape index (κ3) is 3.09. The third-order valence-corrected chi connectivity index (χ3v) is 4.72. The zero-order chi connectivity index (χ0) is 13.9. The molecule has 1 aromatic heterocycles. The molecule has 7 heteroatoms. The molecule has 0 unspecified atom stereocenters. The van der Waals surface area contributed by atoms with Crippen molar-refractivity contribution in [2.24, 2.45) is 11.1 Å². The molecule has 3 N–H and O–H groups in total. The Balaban J connectivity index is 2.18. The average Bonchev–Trinajstić information content (AvgIpc) is 2.65. The first-order chi connectivity index (χ1) is 9.04. The van der Waals surface area contributed by atoms with Crippen molar-refractivity contribution in [3.8, 4) is 0 Å². The highest BCUT2D eigenvalue weighted by molar-refractivity contribution is 7.80.